The maximum absolute atomic E-state index is 10.8. The molecule has 1 heterocycles. The highest BCUT2D eigenvalue weighted by atomic mass is 79.9. The largest absolute Gasteiger partial charge is 0.337 e. The second-order valence-electron chi connectivity index (χ2n) is 2.79. The van der Waals surface area contributed by atoms with Crippen molar-refractivity contribution in [3.05, 3.63) is 40.5 Å². The lowest BCUT2D eigenvalue weighted by atomic mass is 10.2. The Balaban J connectivity index is 2.23. The first-order valence-corrected chi connectivity index (χ1v) is 4.83. The Morgan fingerprint density at radius 3 is 2.36 bits per heavy atom. The molecule has 0 atom stereocenters. The van der Waals surface area contributed by atoms with Crippen LogP contribution in [0.3, 0.4) is 0 Å². The van der Waals surface area contributed by atoms with Crippen LogP contribution in [-0.4, -0.2) is 6.03 Å². The zero-order chi connectivity index (χ0) is 9.97. The number of hydrogen-bond acceptors (Lipinski definition) is 2. The van der Waals surface area contributed by atoms with Crippen molar-refractivity contribution < 1.29 is 4.79 Å². The predicted octanol–water partition coefficient (Wildman–Crippen LogP) is 1.56. The van der Waals surface area contributed by atoms with Crippen molar-refractivity contribution >= 4 is 27.7 Å². The Kier molecular flexibility index (Phi) is 2.41. The molecule has 1 aliphatic heterocycles. The molecule has 0 fully saturated rings. The van der Waals surface area contributed by atoms with Gasteiger partial charge >= 0.3 is 6.03 Å². The van der Waals surface area contributed by atoms with Gasteiger partial charge in [0.15, 0.2) is 0 Å². The van der Waals surface area contributed by atoms with E-state index in [1.807, 2.05) is 24.3 Å². The number of hydrogen-bond donors (Lipinski definition) is 3. The summed E-state index contributed by atoms with van der Waals surface area (Å²) in [5.41, 5.74) is 7.08. The maximum Gasteiger partial charge on any atom is 0.337 e. The van der Waals surface area contributed by atoms with E-state index >= 15 is 0 Å². The molecule has 0 bridgehead atoms. The van der Waals surface area contributed by atoms with Crippen LogP contribution in [0.2, 0.25) is 0 Å². The van der Waals surface area contributed by atoms with Crippen LogP contribution in [0.4, 0.5) is 4.79 Å². The smallest absolute Gasteiger partial charge is 0.311 e. The monoisotopic (exact) mass is 253 g/mol. The molecular formula is C9H8BrN3O. The van der Waals surface area contributed by atoms with Crippen molar-refractivity contribution in [3.63, 3.8) is 0 Å². The zero-order valence-electron chi connectivity index (χ0n) is 7.17. The number of hydrazine groups is 1. The van der Waals surface area contributed by atoms with E-state index in [4.69, 9.17) is 0 Å². The van der Waals surface area contributed by atoms with Crippen LogP contribution < -0.4 is 16.2 Å². The van der Waals surface area contributed by atoms with Gasteiger partial charge < -0.3 is 5.32 Å². The van der Waals surface area contributed by atoms with E-state index in [9.17, 15) is 4.79 Å². The van der Waals surface area contributed by atoms with Crippen LogP contribution in [0.1, 0.15) is 5.56 Å². The van der Waals surface area contributed by atoms with Crippen molar-refractivity contribution in [2.75, 3.05) is 0 Å². The van der Waals surface area contributed by atoms with E-state index < -0.39 is 0 Å². The zero-order valence-corrected chi connectivity index (χ0v) is 8.76. The van der Waals surface area contributed by atoms with Crippen molar-refractivity contribution in [2.45, 2.75) is 0 Å². The van der Waals surface area contributed by atoms with Gasteiger partial charge in [0.25, 0.3) is 0 Å². The Bertz CT molecular complexity index is 386. The van der Waals surface area contributed by atoms with E-state index in [1.54, 1.807) is 6.20 Å². The lowest BCUT2D eigenvalue weighted by Gasteiger charge is -2.17. The van der Waals surface area contributed by atoms with E-state index in [0.717, 1.165) is 15.7 Å². The Labute approximate surface area is 89.5 Å². The molecular weight excluding hydrogens is 246 g/mol. The van der Waals surface area contributed by atoms with E-state index in [1.165, 1.54) is 0 Å². The quantitative estimate of drug-likeness (QED) is 0.712. The van der Waals surface area contributed by atoms with Crippen LogP contribution in [-0.2, 0) is 0 Å². The van der Waals surface area contributed by atoms with Crippen LogP contribution in [0.5, 0.6) is 0 Å². The van der Waals surface area contributed by atoms with E-state index in [0.29, 0.717) is 0 Å². The molecule has 1 aromatic rings. The molecule has 0 saturated heterocycles. The molecule has 2 amide bonds. The topological polar surface area (TPSA) is 53.2 Å². The number of benzene rings is 1. The molecule has 0 saturated carbocycles. The number of carbonyl (C=O) groups excluding carboxylic acids is 1. The van der Waals surface area contributed by atoms with Gasteiger partial charge in [-0.05, 0) is 12.1 Å². The first-order chi connectivity index (χ1) is 6.75. The van der Waals surface area contributed by atoms with Gasteiger partial charge in [-0.1, -0.05) is 28.1 Å². The summed E-state index contributed by atoms with van der Waals surface area (Å²) in [6, 6.07) is 7.51. The SMILES string of the molecule is O=C1NC=C(c2ccc(Br)cc2)NN1. The number of halogens is 1. The number of rotatable bonds is 1. The highest BCUT2D eigenvalue weighted by Crippen LogP contribution is 2.15. The molecule has 0 spiro atoms. The fourth-order valence-electron chi connectivity index (χ4n) is 1.12. The molecule has 1 aliphatic rings. The highest BCUT2D eigenvalue weighted by molar-refractivity contribution is 9.10. The van der Waals surface area contributed by atoms with Gasteiger partial charge in [0.1, 0.15) is 0 Å². The highest BCUT2D eigenvalue weighted by Gasteiger charge is 2.08. The van der Waals surface area contributed by atoms with Crippen LogP contribution in [0.15, 0.2) is 34.9 Å². The molecule has 0 unspecified atom stereocenters. The lowest BCUT2D eigenvalue weighted by molar-refractivity contribution is 0.240. The van der Waals surface area contributed by atoms with Crippen LogP contribution in [0.25, 0.3) is 5.70 Å². The molecule has 0 aromatic heterocycles. The number of nitrogens with one attached hydrogen (secondary N) is 3. The van der Waals surface area contributed by atoms with Gasteiger partial charge in [-0.3, -0.25) is 10.9 Å². The third-order valence-electron chi connectivity index (χ3n) is 1.81. The Morgan fingerprint density at radius 2 is 1.79 bits per heavy atom. The van der Waals surface area contributed by atoms with Gasteiger partial charge in [0, 0.05) is 16.2 Å². The van der Waals surface area contributed by atoms with E-state index in [2.05, 4.69) is 32.1 Å². The molecule has 72 valence electrons. The van der Waals surface area contributed by atoms with E-state index in [-0.39, 0.29) is 6.03 Å². The third kappa shape index (κ3) is 1.88. The maximum atomic E-state index is 10.8. The van der Waals surface area contributed by atoms with Crippen molar-refractivity contribution in [2.24, 2.45) is 0 Å². The summed E-state index contributed by atoms with van der Waals surface area (Å²) in [7, 11) is 0. The van der Waals surface area contributed by atoms with Crippen LogP contribution in [0, 0.1) is 0 Å². The standard InChI is InChI=1S/C9H8BrN3O/c10-7-3-1-6(2-4-7)8-5-11-9(14)13-12-8/h1-5,12H,(H2,11,13,14). The van der Waals surface area contributed by atoms with Gasteiger partial charge in [-0.2, -0.15) is 0 Å². The summed E-state index contributed by atoms with van der Waals surface area (Å²) in [6.07, 6.45) is 1.63. The summed E-state index contributed by atoms with van der Waals surface area (Å²) in [4.78, 5) is 10.8. The molecule has 3 N–H and O–H groups in total. The summed E-state index contributed by atoms with van der Waals surface area (Å²) in [6.45, 7) is 0. The molecule has 4 nitrogen and oxygen atoms in total. The van der Waals surface area contributed by atoms with Gasteiger partial charge in [0.2, 0.25) is 0 Å². The van der Waals surface area contributed by atoms with Gasteiger partial charge in [-0.25, -0.2) is 4.79 Å². The van der Waals surface area contributed by atoms with Gasteiger partial charge in [0.05, 0.1) is 5.70 Å². The summed E-state index contributed by atoms with van der Waals surface area (Å²) in [5.74, 6) is 0. The molecule has 0 radical (unpaired) electrons. The minimum absolute atomic E-state index is 0.258. The van der Waals surface area contributed by atoms with Crippen molar-refractivity contribution in [1.29, 1.82) is 0 Å². The number of carbonyl (C=O) groups is 1. The predicted molar refractivity (Wildman–Crippen MR) is 56.9 cm³/mol. The fraction of sp³-hybridized carbons (Fsp3) is 0. The average molecular weight is 254 g/mol. The van der Waals surface area contributed by atoms with Gasteiger partial charge in [-0.15, -0.1) is 0 Å². The number of amides is 2. The third-order valence-corrected chi connectivity index (χ3v) is 2.34. The normalized spacial score (nSPS) is 14.9. The molecule has 5 heteroatoms. The van der Waals surface area contributed by atoms with Crippen molar-refractivity contribution in [1.82, 2.24) is 16.2 Å². The average Bonchev–Trinajstić information content (AvgIpc) is 2.21. The molecule has 1 aromatic carbocycles. The molecule has 0 aliphatic carbocycles. The second kappa shape index (κ2) is 3.71. The first-order valence-electron chi connectivity index (χ1n) is 4.04. The fourth-order valence-corrected chi connectivity index (χ4v) is 1.38. The minimum Gasteiger partial charge on any atom is -0.311 e. The second-order valence-corrected chi connectivity index (χ2v) is 3.70. The Morgan fingerprint density at radius 1 is 1.07 bits per heavy atom. The lowest BCUT2D eigenvalue weighted by Crippen LogP contribution is -2.45. The Hall–Kier alpha value is -1.49. The van der Waals surface area contributed by atoms with Crippen LogP contribution >= 0.6 is 15.9 Å². The minimum atomic E-state index is -0.258. The van der Waals surface area contributed by atoms with Crippen molar-refractivity contribution in [3.8, 4) is 0 Å². The summed E-state index contributed by atoms with van der Waals surface area (Å²) in [5, 5.41) is 2.56. The molecule has 14 heavy (non-hydrogen) atoms. The molecule has 2 rings (SSSR count). The first kappa shape index (κ1) is 9.08. The summed E-state index contributed by atoms with van der Waals surface area (Å²) < 4.78 is 1.02. The number of urea groups is 1. The summed E-state index contributed by atoms with van der Waals surface area (Å²) >= 11 is 3.35.